The van der Waals surface area contributed by atoms with Gasteiger partial charge in [0.05, 0.1) is 28.0 Å². The molecule has 172 valence electrons. The summed E-state index contributed by atoms with van der Waals surface area (Å²) < 4.78 is 31.3. The Morgan fingerprint density at radius 3 is 2.50 bits per heavy atom. The molecule has 2 aromatic carbocycles. The van der Waals surface area contributed by atoms with Gasteiger partial charge < -0.3 is 9.64 Å². The second-order valence-corrected chi connectivity index (χ2v) is 10.9. The first kappa shape index (κ1) is 24.2. The van der Waals surface area contributed by atoms with Crippen molar-refractivity contribution in [3.8, 4) is 5.75 Å². The van der Waals surface area contributed by atoms with E-state index in [4.69, 9.17) is 4.74 Å². The summed E-state index contributed by atoms with van der Waals surface area (Å²) in [4.78, 5) is 21.8. The zero-order valence-corrected chi connectivity index (χ0v) is 20.3. The smallest absolute Gasteiger partial charge is 0.228 e. The maximum absolute atomic E-state index is 13.1. The highest BCUT2D eigenvalue weighted by Gasteiger charge is 2.21. The molecule has 0 N–H and O–H groups in total. The molecule has 1 amide bonds. The van der Waals surface area contributed by atoms with Gasteiger partial charge in [0.2, 0.25) is 5.91 Å². The molecule has 0 saturated carbocycles. The maximum atomic E-state index is 13.1. The SMILES string of the molecule is COc1ccc2nc(N(CCCN(C)C)C(=O)CCCS(=O)(=O)c3ccccc3)sc2c1. The first-order valence-corrected chi connectivity index (χ1v) is 12.9. The fourth-order valence-corrected chi connectivity index (χ4v) is 5.67. The maximum Gasteiger partial charge on any atom is 0.228 e. The highest BCUT2D eigenvalue weighted by molar-refractivity contribution is 7.91. The number of carbonyl (C=O) groups excluding carboxylic acids is 1. The molecule has 0 aliphatic rings. The third-order valence-electron chi connectivity index (χ3n) is 5.01. The normalized spacial score (nSPS) is 11.8. The summed E-state index contributed by atoms with van der Waals surface area (Å²) in [6.45, 7) is 1.37. The van der Waals surface area contributed by atoms with Crippen LogP contribution in [0.15, 0.2) is 53.4 Å². The van der Waals surface area contributed by atoms with Gasteiger partial charge in [0, 0.05) is 13.0 Å². The zero-order chi connectivity index (χ0) is 23.1. The molecule has 0 aliphatic carbocycles. The number of aromatic nitrogens is 1. The van der Waals surface area contributed by atoms with Crippen LogP contribution in [0.3, 0.4) is 0 Å². The fourth-order valence-electron chi connectivity index (χ4n) is 3.30. The third-order valence-corrected chi connectivity index (χ3v) is 7.87. The Bertz CT molecular complexity index is 1140. The number of thiazole rings is 1. The number of nitrogens with zero attached hydrogens (tertiary/aromatic N) is 3. The van der Waals surface area contributed by atoms with Crippen LogP contribution in [0.5, 0.6) is 5.75 Å². The topological polar surface area (TPSA) is 79.8 Å². The van der Waals surface area contributed by atoms with Crippen LogP contribution in [-0.4, -0.2) is 64.3 Å². The number of hydrogen-bond donors (Lipinski definition) is 0. The molecule has 3 aromatic rings. The molecule has 0 fully saturated rings. The van der Waals surface area contributed by atoms with Gasteiger partial charge in [-0.25, -0.2) is 13.4 Å². The Balaban J connectivity index is 1.72. The second kappa shape index (κ2) is 10.9. The van der Waals surface area contributed by atoms with Crippen molar-refractivity contribution in [2.24, 2.45) is 0 Å². The lowest BCUT2D eigenvalue weighted by Gasteiger charge is -2.21. The first-order chi connectivity index (χ1) is 15.3. The molecule has 0 aliphatic heterocycles. The number of ether oxygens (including phenoxy) is 1. The predicted octanol–water partition coefficient (Wildman–Crippen LogP) is 3.84. The summed E-state index contributed by atoms with van der Waals surface area (Å²) in [6.07, 6.45) is 1.20. The second-order valence-electron chi connectivity index (χ2n) is 7.77. The van der Waals surface area contributed by atoms with Gasteiger partial charge in [0.25, 0.3) is 0 Å². The molecule has 0 saturated heterocycles. The summed E-state index contributed by atoms with van der Waals surface area (Å²) in [7, 11) is 2.19. The van der Waals surface area contributed by atoms with E-state index < -0.39 is 9.84 Å². The average Bonchev–Trinajstić information content (AvgIpc) is 3.19. The summed E-state index contributed by atoms with van der Waals surface area (Å²) in [5, 5.41) is 0.628. The Labute approximate surface area is 193 Å². The molecule has 3 rings (SSSR count). The number of rotatable bonds is 11. The van der Waals surface area contributed by atoms with Crippen molar-refractivity contribution in [2.75, 3.05) is 44.9 Å². The molecule has 0 unspecified atom stereocenters. The summed E-state index contributed by atoms with van der Waals surface area (Å²) in [5.41, 5.74) is 0.808. The van der Waals surface area contributed by atoms with E-state index in [0.717, 1.165) is 28.9 Å². The Hall–Kier alpha value is -2.49. The van der Waals surface area contributed by atoms with Gasteiger partial charge in [-0.3, -0.25) is 9.69 Å². The molecule has 0 bridgehead atoms. The van der Waals surface area contributed by atoms with Gasteiger partial charge in [-0.15, -0.1) is 0 Å². The van der Waals surface area contributed by atoms with Crippen LogP contribution in [0.4, 0.5) is 5.13 Å². The largest absolute Gasteiger partial charge is 0.497 e. The van der Waals surface area contributed by atoms with E-state index in [2.05, 4.69) is 9.88 Å². The Morgan fingerprint density at radius 2 is 1.81 bits per heavy atom. The van der Waals surface area contributed by atoms with E-state index in [0.29, 0.717) is 11.7 Å². The lowest BCUT2D eigenvalue weighted by Crippen LogP contribution is -2.33. The van der Waals surface area contributed by atoms with Gasteiger partial charge in [0.15, 0.2) is 15.0 Å². The lowest BCUT2D eigenvalue weighted by atomic mass is 10.3. The van der Waals surface area contributed by atoms with Gasteiger partial charge in [-0.2, -0.15) is 0 Å². The third kappa shape index (κ3) is 6.27. The van der Waals surface area contributed by atoms with Gasteiger partial charge >= 0.3 is 0 Å². The molecule has 7 nitrogen and oxygen atoms in total. The molecule has 0 radical (unpaired) electrons. The van der Waals surface area contributed by atoms with Crippen LogP contribution in [-0.2, 0) is 14.6 Å². The van der Waals surface area contributed by atoms with E-state index in [1.165, 1.54) is 11.3 Å². The van der Waals surface area contributed by atoms with Gasteiger partial charge in [-0.05, 0) is 63.8 Å². The lowest BCUT2D eigenvalue weighted by molar-refractivity contribution is -0.118. The van der Waals surface area contributed by atoms with Crippen molar-refractivity contribution in [1.29, 1.82) is 0 Å². The number of anilines is 1. The fraction of sp³-hybridized carbons (Fsp3) is 0.391. The van der Waals surface area contributed by atoms with Crippen LogP contribution < -0.4 is 9.64 Å². The molecule has 0 atom stereocenters. The predicted molar refractivity (Wildman–Crippen MR) is 129 cm³/mol. The van der Waals surface area contributed by atoms with Gasteiger partial charge in [-0.1, -0.05) is 29.5 Å². The molecular formula is C23H29N3O4S2. The number of hydrogen-bond acceptors (Lipinski definition) is 7. The Morgan fingerprint density at radius 1 is 1.06 bits per heavy atom. The minimum atomic E-state index is -3.41. The number of amides is 1. The summed E-state index contributed by atoms with van der Waals surface area (Å²) in [5.74, 6) is 0.563. The number of methoxy groups -OCH3 is 1. The van der Waals surface area contributed by atoms with E-state index in [9.17, 15) is 13.2 Å². The highest BCUT2D eigenvalue weighted by Crippen LogP contribution is 2.32. The molecule has 32 heavy (non-hydrogen) atoms. The number of fused-ring (bicyclic) bond motifs is 1. The quantitative estimate of drug-likeness (QED) is 0.419. The zero-order valence-electron chi connectivity index (χ0n) is 18.7. The van der Waals surface area contributed by atoms with Crippen LogP contribution in [0, 0.1) is 0 Å². The number of benzene rings is 2. The molecule has 1 aromatic heterocycles. The summed E-state index contributed by atoms with van der Waals surface area (Å²) in [6, 6.07) is 14.0. The highest BCUT2D eigenvalue weighted by atomic mass is 32.2. The molecule has 1 heterocycles. The van der Waals surface area contributed by atoms with Crippen molar-refractivity contribution in [3.05, 3.63) is 48.5 Å². The first-order valence-electron chi connectivity index (χ1n) is 10.5. The minimum absolute atomic E-state index is 0.0642. The van der Waals surface area contributed by atoms with Crippen LogP contribution >= 0.6 is 11.3 Å². The van der Waals surface area contributed by atoms with E-state index in [-0.39, 0.29) is 29.4 Å². The number of carbonyl (C=O) groups is 1. The summed E-state index contributed by atoms with van der Waals surface area (Å²) >= 11 is 1.44. The van der Waals surface area contributed by atoms with E-state index >= 15 is 0 Å². The van der Waals surface area contributed by atoms with Crippen molar-refractivity contribution in [1.82, 2.24) is 9.88 Å². The Kier molecular flexibility index (Phi) is 8.22. The van der Waals surface area contributed by atoms with E-state index in [1.807, 2.05) is 32.3 Å². The molecule has 9 heteroatoms. The van der Waals surface area contributed by atoms with Crippen molar-refractivity contribution in [2.45, 2.75) is 24.2 Å². The van der Waals surface area contributed by atoms with E-state index in [1.54, 1.807) is 42.3 Å². The standard InChI is InChI=1S/C23H29N3O4S2/c1-25(2)14-8-15-26(23-24-20-13-12-18(30-3)17-21(20)31-23)22(27)11-7-16-32(28,29)19-9-5-4-6-10-19/h4-6,9-10,12-13,17H,7-8,11,14-16H2,1-3H3. The monoisotopic (exact) mass is 475 g/mol. The van der Waals surface area contributed by atoms with Crippen molar-refractivity contribution < 1.29 is 17.9 Å². The molecular weight excluding hydrogens is 446 g/mol. The van der Waals surface area contributed by atoms with Crippen LogP contribution in [0.2, 0.25) is 0 Å². The van der Waals surface area contributed by atoms with Crippen LogP contribution in [0.25, 0.3) is 10.2 Å². The van der Waals surface area contributed by atoms with Crippen LogP contribution in [0.1, 0.15) is 19.3 Å². The minimum Gasteiger partial charge on any atom is -0.497 e. The van der Waals surface area contributed by atoms with Gasteiger partial charge in [0.1, 0.15) is 5.75 Å². The number of sulfone groups is 1. The molecule has 0 spiro atoms. The van der Waals surface area contributed by atoms with Crippen molar-refractivity contribution in [3.63, 3.8) is 0 Å². The average molecular weight is 476 g/mol. The van der Waals surface area contributed by atoms with Crippen molar-refractivity contribution >= 4 is 42.4 Å².